The SMILES string of the molecule is CC(C)(C)c1ccc(N2C(=O)CSC2c2cccc(NC(=O)CCC3CCCC3)c2)cc1. The normalized spacial score (nSPS) is 19.5. The number of nitrogens with one attached hydrogen (secondary N) is 1. The van der Waals surface area contributed by atoms with Gasteiger partial charge in [0.15, 0.2) is 0 Å². The summed E-state index contributed by atoms with van der Waals surface area (Å²) in [5, 5.41) is 2.98. The minimum atomic E-state index is -0.0849. The highest BCUT2D eigenvalue weighted by molar-refractivity contribution is 8.00. The monoisotopic (exact) mass is 450 g/mol. The van der Waals surface area contributed by atoms with Gasteiger partial charge >= 0.3 is 0 Å². The van der Waals surface area contributed by atoms with Crippen molar-refractivity contribution in [1.82, 2.24) is 0 Å². The smallest absolute Gasteiger partial charge is 0.238 e. The highest BCUT2D eigenvalue weighted by Gasteiger charge is 2.34. The van der Waals surface area contributed by atoms with Crippen molar-refractivity contribution in [2.45, 2.75) is 70.1 Å². The van der Waals surface area contributed by atoms with E-state index in [-0.39, 0.29) is 22.6 Å². The van der Waals surface area contributed by atoms with Crippen molar-refractivity contribution >= 4 is 35.0 Å². The molecule has 2 amide bonds. The summed E-state index contributed by atoms with van der Waals surface area (Å²) in [6, 6.07) is 16.3. The molecule has 1 N–H and O–H groups in total. The Labute approximate surface area is 196 Å². The van der Waals surface area contributed by atoms with Crippen LogP contribution >= 0.6 is 11.8 Å². The molecule has 1 saturated heterocycles. The predicted molar refractivity (Wildman–Crippen MR) is 134 cm³/mol. The molecule has 1 saturated carbocycles. The molecule has 5 heteroatoms. The van der Waals surface area contributed by atoms with E-state index in [4.69, 9.17) is 0 Å². The Hall–Kier alpha value is -2.27. The van der Waals surface area contributed by atoms with Gasteiger partial charge in [0.25, 0.3) is 0 Å². The summed E-state index contributed by atoms with van der Waals surface area (Å²) in [4.78, 5) is 27.1. The topological polar surface area (TPSA) is 49.4 Å². The Balaban J connectivity index is 1.46. The van der Waals surface area contributed by atoms with Gasteiger partial charge in [-0.15, -0.1) is 11.8 Å². The zero-order chi connectivity index (χ0) is 22.7. The molecular formula is C27H34N2O2S. The van der Waals surface area contributed by atoms with Gasteiger partial charge in [-0.1, -0.05) is 70.7 Å². The van der Waals surface area contributed by atoms with Crippen LogP contribution in [0.4, 0.5) is 11.4 Å². The molecule has 1 heterocycles. The van der Waals surface area contributed by atoms with Crippen LogP contribution in [0.15, 0.2) is 48.5 Å². The van der Waals surface area contributed by atoms with E-state index in [0.717, 1.165) is 23.4 Å². The summed E-state index contributed by atoms with van der Waals surface area (Å²) >= 11 is 1.63. The van der Waals surface area contributed by atoms with Crippen LogP contribution in [-0.4, -0.2) is 17.6 Å². The molecule has 0 aromatic heterocycles. The molecular weight excluding hydrogens is 416 g/mol. The van der Waals surface area contributed by atoms with Gasteiger partial charge < -0.3 is 5.32 Å². The Kier molecular flexibility index (Phi) is 6.94. The number of anilines is 2. The van der Waals surface area contributed by atoms with E-state index in [1.165, 1.54) is 31.2 Å². The summed E-state index contributed by atoms with van der Waals surface area (Å²) < 4.78 is 0. The molecule has 4 nitrogen and oxygen atoms in total. The summed E-state index contributed by atoms with van der Waals surface area (Å²) in [6.07, 6.45) is 6.71. The molecule has 170 valence electrons. The summed E-state index contributed by atoms with van der Waals surface area (Å²) in [5.41, 5.74) is 4.09. The molecule has 2 aromatic rings. The van der Waals surface area contributed by atoms with Gasteiger partial charge in [-0.05, 0) is 53.1 Å². The molecule has 2 fully saturated rings. The lowest BCUT2D eigenvalue weighted by Gasteiger charge is -2.26. The van der Waals surface area contributed by atoms with Crippen molar-refractivity contribution in [1.29, 1.82) is 0 Å². The second-order valence-electron chi connectivity index (χ2n) is 10.1. The van der Waals surface area contributed by atoms with Crippen LogP contribution in [0.3, 0.4) is 0 Å². The molecule has 32 heavy (non-hydrogen) atoms. The van der Waals surface area contributed by atoms with Crippen LogP contribution in [0.5, 0.6) is 0 Å². The van der Waals surface area contributed by atoms with Gasteiger partial charge in [-0.2, -0.15) is 0 Å². The minimum absolute atomic E-state index is 0.0754. The van der Waals surface area contributed by atoms with Crippen LogP contribution in [0.2, 0.25) is 0 Å². The van der Waals surface area contributed by atoms with Gasteiger partial charge in [0.05, 0.1) is 5.75 Å². The molecule has 2 aliphatic rings. The fraction of sp³-hybridized carbons (Fsp3) is 0.481. The van der Waals surface area contributed by atoms with Crippen LogP contribution in [0.1, 0.15) is 75.8 Å². The van der Waals surface area contributed by atoms with E-state index in [1.807, 2.05) is 41.3 Å². The highest BCUT2D eigenvalue weighted by atomic mass is 32.2. The molecule has 1 aliphatic heterocycles. The third kappa shape index (κ3) is 5.37. The number of hydrogen-bond acceptors (Lipinski definition) is 3. The van der Waals surface area contributed by atoms with Crippen molar-refractivity contribution in [3.63, 3.8) is 0 Å². The van der Waals surface area contributed by atoms with Gasteiger partial charge in [0.2, 0.25) is 11.8 Å². The largest absolute Gasteiger partial charge is 0.326 e. The van der Waals surface area contributed by atoms with Gasteiger partial charge in [0.1, 0.15) is 5.37 Å². The number of hydrogen-bond donors (Lipinski definition) is 1. The lowest BCUT2D eigenvalue weighted by atomic mass is 9.87. The van der Waals surface area contributed by atoms with Crippen LogP contribution in [0, 0.1) is 5.92 Å². The second kappa shape index (κ2) is 9.70. The molecule has 0 bridgehead atoms. The number of amides is 2. The van der Waals surface area contributed by atoms with Crippen LogP contribution in [0.25, 0.3) is 0 Å². The Bertz CT molecular complexity index is 958. The number of carbonyl (C=O) groups excluding carboxylic acids is 2. The third-order valence-corrected chi connectivity index (χ3v) is 7.80. The second-order valence-corrected chi connectivity index (χ2v) is 11.2. The highest BCUT2D eigenvalue weighted by Crippen LogP contribution is 2.42. The van der Waals surface area contributed by atoms with E-state index >= 15 is 0 Å². The van der Waals surface area contributed by atoms with Crippen LogP contribution in [-0.2, 0) is 15.0 Å². The maximum atomic E-state index is 12.7. The molecule has 0 radical (unpaired) electrons. The third-order valence-electron chi connectivity index (χ3n) is 6.59. The van der Waals surface area contributed by atoms with E-state index in [0.29, 0.717) is 18.1 Å². The molecule has 0 spiro atoms. The average Bonchev–Trinajstić information content (AvgIpc) is 3.41. The van der Waals surface area contributed by atoms with Crippen molar-refractivity contribution in [2.75, 3.05) is 16.0 Å². The average molecular weight is 451 g/mol. The van der Waals surface area contributed by atoms with Gasteiger partial charge in [0, 0.05) is 17.8 Å². The number of nitrogens with zero attached hydrogens (tertiary/aromatic N) is 1. The van der Waals surface area contributed by atoms with Crippen molar-refractivity contribution in [3.05, 3.63) is 59.7 Å². The zero-order valence-electron chi connectivity index (χ0n) is 19.4. The first kappa shape index (κ1) is 22.9. The lowest BCUT2D eigenvalue weighted by molar-refractivity contribution is -0.117. The molecule has 1 unspecified atom stereocenters. The minimum Gasteiger partial charge on any atom is -0.326 e. The van der Waals surface area contributed by atoms with Gasteiger partial charge in [-0.25, -0.2) is 0 Å². The lowest BCUT2D eigenvalue weighted by Crippen LogP contribution is -2.28. The number of rotatable bonds is 6. The fourth-order valence-electron chi connectivity index (χ4n) is 4.70. The summed E-state index contributed by atoms with van der Waals surface area (Å²) in [6.45, 7) is 6.57. The van der Waals surface area contributed by atoms with E-state index in [9.17, 15) is 9.59 Å². The van der Waals surface area contributed by atoms with E-state index < -0.39 is 0 Å². The van der Waals surface area contributed by atoms with E-state index in [1.54, 1.807) is 11.8 Å². The molecule has 2 aromatic carbocycles. The summed E-state index contributed by atoms with van der Waals surface area (Å²) in [7, 11) is 0. The standard InChI is InChI=1S/C27H34N2O2S/c1-27(2,3)21-12-14-23(15-13-21)29-25(31)18-32-26(29)20-9-6-10-22(17-20)28-24(30)16-11-19-7-4-5-8-19/h6,9-10,12-15,17,19,26H,4-5,7-8,11,16,18H2,1-3H3,(H,28,30). The Morgan fingerprint density at radius 3 is 2.50 bits per heavy atom. The van der Waals surface area contributed by atoms with Gasteiger partial charge in [-0.3, -0.25) is 14.5 Å². The molecule has 1 atom stereocenters. The van der Waals surface area contributed by atoms with Crippen molar-refractivity contribution < 1.29 is 9.59 Å². The quantitative estimate of drug-likeness (QED) is 0.534. The first-order chi connectivity index (χ1) is 15.3. The number of benzene rings is 2. The number of carbonyl (C=O) groups is 2. The fourth-order valence-corrected chi connectivity index (χ4v) is 5.87. The summed E-state index contributed by atoms with van der Waals surface area (Å²) in [5.74, 6) is 1.38. The zero-order valence-corrected chi connectivity index (χ0v) is 20.2. The van der Waals surface area contributed by atoms with E-state index in [2.05, 4.69) is 38.2 Å². The number of thioether (sulfide) groups is 1. The Morgan fingerprint density at radius 1 is 1.09 bits per heavy atom. The Morgan fingerprint density at radius 2 is 1.81 bits per heavy atom. The molecule has 4 rings (SSSR count). The first-order valence-corrected chi connectivity index (χ1v) is 12.8. The maximum Gasteiger partial charge on any atom is 0.238 e. The predicted octanol–water partition coefficient (Wildman–Crippen LogP) is 6.67. The first-order valence-electron chi connectivity index (χ1n) is 11.8. The van der Waals surface area contributed by atoms with Crippen molar-refractivity contribution in [3.8, 4) is 0 Å². The van der Waals surface area contributed by atoms with Crippen molar-refractivity contribution in [2.24, 2.45) is 5.92 Å². The molecule has 1 aliphatic carbocycles. The van der Waals surface area contributed by atoms with Crippen LogP contribution < -0.4 is 10.2 Å². The maximum absolute atomic E-state index is 12.7.